The highest BCUT2D eigenvalue weighted by atomic mass is 35.7. The normalized spacial score (nSPS) is 30.8. The zero-order valence-corrected chi connectivity index (χ0v) is 13.4. The molecule has 1 fully saturated rings. The average Bonchev–Trinajstić information content (AvgIpc) is 1.97. The van der Waals surface area contributed by atoms with Crippen molar-refractivity contribution in [2.45, 2.75) is 72.0 Å². The fourth-order valence-corrected chi connectivity index (χ4v) is 6.26. The first kappa shape index (κ1) is 14.7. The van der Waals surface area contributed by atoms with Crippen molar-refractivity contribution < 1.29 is 0 Å². The lowest BCUT2D eigenvalue weighted by Crippen LogP contribution is -2.53. The van der Waals surface area contributed by atoms with E-state index in [0.717, 1.165) is 6.54 Å². The summed E-state index contributed by atoms with van der Waals surface area (Å²) in [5, 5.41) is 0. The van der Waals surface area contributed by atoms with Crippen molar-refractivity contribution in [3.8, 4) is 0 Å². The van der Waals surface area contributed by atoms with Crippen LogP contribution in [-0.4, -0.2) is 33.0 Å². The van der Waals surface area contributed by atoms with Gasteiger partial charge in [0.25, 0.3) is 0 Å². The van der Waals surface area contributed by atoms with Crippen molar-refractivity contribution in [3.05, 3.63) is 0 Å². The van der Waals surface area contributed by atoms with Gasteiger partial charge in [-0.15, -0.1) is 0 Å². The second kappa shape index (κ2) is 4.72. The summed E-state index contributed by atoms with van der Waals surface area (Å²) >= 11 is 6.73. The van der Waals surface area contributed by atoms with Gasteiger partial charge < -0.3 is 0 Å². The molecule has 0 aromatic heterocycles. The van der Waals surface area contributed by atoms with Gasteiger partial charge in [-0.05, 0) is 54.9 Å². The van der Waals surface area contributed by atoms with Crippen LogP contribution in [0.25, 0.3) is 0 Å². The fourth-order valence-electron chi connectivity index (χ4n) is 2.28. The van der Waals surface area contributed by atoms with Crippen molar-refractivity contribution in [2.75, 3.05) is 6.54 Å². The predicted molar refractivity (Wildman–Crippen MR) is 74.9 cm³/mol. The van der Waals surface area contributed by atoms with Gasteiger partial charge in [-0.3, -0.25) is 4.67 Å². The first-order valence-corrected chi connectivity index (χ1v) is 8.23. The van der Waals surface area contributed by atoms with Gasteiger partial charge in [0.1, 0.15) is 7.58 Å². The molecule has 2 unspecified atom stereocenters. The Bertz CT molecular complexity index is 244. The summed E-state index contributed by atoms with van der Waals surface area (Å²) in [6, 6.07) is 0.585. The van der Waals surface area contributed by atoms with Gasteiger partial charge in [-0.25, -0.2) is 4.67 Å². The molecule has 0 spiro atoms. The summed E-state index contributed by atoms with van der Waals surface area (Å²) in [7, 11) is -0.695. The monoisotopic (exact) mass is 264 g/mol. The van der Waals surface area contributed by atoms with E-state index < -0.39 is 7.58 Å². The smallest absolute Gasteiger partial charge is 0.141 e. The first-order valence-electron chi connectivity index (χ1n) is 6.08. The van der Waals surface area contributed by atoms with E-state index in [4.69, 9.17) is 11.2 Å². The molecule has 1 heterocycles. The van der Waals surface area contributed by atoms with Crippen LogP contribution in [0.15, 0.2) is 0 Å². The van der Waals surface area contributed by atoms with E-state index in [1.54, 1.807) is 0 Å². The van der Waals surface area contributed by atoms with E-state index in [9.17, 15) is 0 Å². The molecule has 1 saturated heterocycles. The van der Waals surface area contributed by atoms with Gasteiger partial charge in [0.2, 0.25) is 0 Å². The Morgan fingerprint density at radius 1 is 1.06 bits per heavy atom. The largest absolute Gasteiger partial charge is 0.252 e. The van der Waals surface area contributed by atoms with Crippen LogP contribution in [-0.2, 0) is 0 Å². The van der Waals surface area contributed by atoms with Crippen molar-refractivity contribution >= 4 is 18.8 Å². The maximum atomic E-state index is 6.73. The second-order valence-corrected chi connectivity index (χ2v) is 8.99. The van der Waals surface area contributed by atoms with Gasteiger partial charge in [0.05, 0.1) is 0 Å². The summed E-state index contributed by atoms with van der Waals surface area (Å²) < 4.78 is 4.94. The van der Waals surface area contributed by atoms with E-state index in [1.807, 2.05) is 0 Å². The fraction of sp³-hybridized carbons (Fsp3) is 1.00. The van der Waals surface area contributed by atoms with Gasteiger partial charge >= 0.3 is 0 Å². The zero-order chi connectivity index (χ0) is 12.7. The molecule has 1 aliphatic heterocycles. The summed E-state index contributed by atoms with van der Waals surface area (Å²) in [5.41, 5.74) is 0.313. The summed E-state index contributed by atoms with van der Waals surface area (Å²) in [4.78, 5) is 0. The number of halogens is 1. The van der Waals surface area contributed by atoms with Crippen LogP contribution in [0.4, 0.5) is 0 Å². The highest BCUT2D eigenvalue weighted by Crippen LogP contribution is 2.59. The van der Waals surface area contributed by atoms with Crippen LogP contribution in [0.5, 0.6) is 0 Å². The topological polar surface area (TPSA) is 6.48 Å². The van der Waals surface area contributed by atoms with Crippen LogP contribution in [0.3, 0.4) is 0 Å². The predicted octanol–water partition coefficient (Wildman–Crippen LogP) is 4.45. The third kappa shape index (κ3) is 3.10. The maximum absolute atomic E-state index is 6.73. The molecule has 0 aliphatic carbocycles. The van der Waals surface area contributed by atoms with Crippen LogP contribution in [0.1, 0.15) is 54.9 Å². The third-order valence-electron chi connectivity index (χ3n) is 3.01. The number of hydrogen-bond donors (Lipinski definition) is 0. The van der Waals surface area contributed by atoms with E-state index >= 15 is 0 Å². The zero-order valence-electron chi connectivity index (χ0n) is 11.7. The molecule has 0 amide bonds. The number of rotatable bonds is 0. The number of nitrogens with zero attached hydrogens (tertiary/aromatic N) is 2. The summed E-state index contributed by atoms with van der Waals surface area (Å²) in [5.74, 6) is 0. The highest BCUT2D eigenvalue weighted by Gasteiger charge is 2.42. The molecule has 0 saturated carbocycles. The van der Waals surface area contributed by atoms with Gasteiger partial charge in [0.15, 0.2) is 0 Å². The lowest BCUT2D eigenvalue weighted by atomic mass is 10.0. The molecule has 0 aromatic carbocycles. The first-order chi connectivity index (χ1) is 7.05. The van der Waals surface area contributed by atoms with Crippen LogP contribution in [0, 0.1) is 0 Å². The van der Waals surface area contributed by atoms with E-state index in [0.29, 0.717) is 6.04 Å². The molecular weight excluding hydrogens is 239 g/mol. The lowest BCUT2D eigenvalue weighted by molar-refractivity contribution is 0.133. The molecule has 0 aromatic rings. The summed E-state index contributed by atoms with van der Waals surface area (Å²) in [6.07, 6.45) is 1.21. The van der Waals surface area contributed by atoms with Gasteiger partial charge in [0, 0.05) is 23.7 Å². The molecule has 1 aliphatic rings. The Morgan fingerprint density at radius 3 is 1.94 bits per heavy atom. The van der Waals surface area contributed by atoms with Crippen LogP contribution >= 0.6 is 18.8 Å². The Kier molecular flexibility index (Phi) is 4.34. The van der Waals surface area contributed by atoms with Crippen molar-refractivity contribution in [2.24, 2.45) is 0 Å². The molecule has 2 atom stereocenters. The number of hydrogen-bond acceptors (Lipinski definition) is 2. The molecule has 0 radical (unpaired) electrons. The standard InChI is InChI=1S/C12H26ClN2P/c1-10-8-9-14(11(2,3)4)16(13)15(10)12(5,6)7/h10H,8-9H2,1-7H3. The van der Waals surface area contributed by atoms with E-state index in [2.05, 4.69) is 57.8 Å². The minimum atomic E-state index is -0.695. The van der Waals surface area contributed by atoms with E-state index in [-0.39, 0.29) is 11.1 Å². The second-order valence-electron chi connectivity index (χ2n) is 6.69. The average molecular weight is 265 g/mol. The van der Waals surface area contributed by atoms with Gasteiger partial charge in [-0.2, -0.15) is 0 Å². The SMILES string of the molecule is CC1CCN(C(C)(C)C)P(Cl)N1C(C)(C)C. The molecule has 4 heteroatoms. The molecule has 16 heavy (non-hydrogen) atoms. The van der Waals surface area contributed by atoms with Crippen molar-refractivity contribution in [1.29, 1.82) is 0 Å². The van der Waals surface area contributed by atoms with E-state index in [1.165, 1.54) is 6.42 Å². The Hall–Kier alpha value is 0.640. The minimum absolute atomic E-state index is 0.150. The Labute approximate surface area is 107 Å². The lowest BCUT2D eigenvalue weighted by Gasteiger charge is -2.53. The van der Waals surface area contributed by atoms with Crippen molar-refractivity contribution in [3.63, 3.8) is 0 Å². The third-order valence-corrected chi connectivity index (χ3v) is 6.60. The van der Waals surface area contributed by atoms with Crippen molar-refractivity contribution in [1.82, 2.24) is 9.34 Å². The molecule has 0 N–H and O–H groups in total. The summed E-state index contributed by atoms with van der Waals surface area (Å²) in [6.45, 7) is 16.9. The molecule has 0 bridgehead atoms. The maximum Gasteiger partial charge on any atom is 0.141 e. The molecular formula is C12H26ClN2P. The van der Waals surface area contributed by atoms with Gasteiger partial charge in [-0.1, -0.05) is 11.2 Å². The highest BCUT2D eigenvalue weighted by molar-refractivity contribution is 7.80. The molecule has 2 nitrogen and oxygen atoms in total. The minimum Gasteiger partial charge on any atom is -0.252 e. The molecule has 96 valence electrons. The van der Waals surface area contributed by atoms with Crippen LogP contribution in [0.2, 0.25) is 0 Å². The quantitative estimate of drug-likeness (QED) is 0.597. The Morgan fingerprint density at radius 2 is 1.56 bits per heavy atom. The molecule has 1 rings (SSSR count). The van der Waals surface area contributed by atoms with Crippen LogP contribution < -0.4 is 0 Å². The Balaban J connectivity index is 2.92.